The molecule has 0 aliphatic carbocycles. The SMILES string of the molecule is CCOc1ccc(Oc2cc(C#N)ccc2N)cc1. The van der Waals surface area contributed by atoms with Gasteiger partial charge in [0.2, 0.25) is 0 Å². The van der Waals surface area contributed by atoms with Crippen molar-refractivity contribution >= 4 is 5.69 Å². The van der Waals surface area contributed by atoms with Crippen LogP contribution in [0, 0.1) is 11.3 Å². The lowest BCUT2D eigenvalue weighted by atomic mass is 10.2. The molecule has 4 heteroatoms. The molecule has 0 amide bonds. The van der Waals surface area contributed by atoms with Gasteiger partial charge in [0.25, 0.3) is 0 Å². The Morgan fingerprint density at radius 1 is 1.11 bits per heavy atom. The van der Waals surface area contributed by atoms with Crippen LogP contribution in [0.25, 0.3) is 0 Å². The molecule has 0 fully saturated rings. The van der Waals surface area contributed by atoms with Gasteiger partial charge in [0, 0.05) is 6.07 Å². The van der Waals surface area contributed by atoms with Crippen LogP contribution >= 0.6 is 0 Å². The third kappa shape index (κ3) is 3.17. The molecular formula is C15H14N2O2. The smallest absolute Gasteiger partial charge is 0.151 e. The molecule has 0 aliphatic heterocycles. The predicted molar refractivity (Wildman–Crippen MR) is 73.3 cm³/mol. The summed E-state index contributed by atoms with van der Waals surface area (Å²) in [5, 5.41) is 8.85. The molecule has 2 N–H and O–H groups in total. The predicted octanol–water partition coefficient (Wildman–Crippen LogP) is 3.33. The van der Waals surface area contributed by atoms with Crippen molar-refractivity contribution in [2.75, 3.05) is 12.3 Å². The van der Waals surface area contributed by atoms with Crippen LogP contribution in [0.15, 0.2) is 42.5 Å². The Bertz CT molecular complexity index is 601. The Balaban J connectivity index is 2.19. The van der Waals surface area contributed by atoms with Crippen molar-refractivity contribution in [3.8, 4) is 23.3 Å². The number of anilines is 1. The summed E-state index contributed by atoms with van der Waals surface area (Å²) in [5.74, 6) is 1.90. The highest BCUT2D eigenvalue weighted by atomic mass is 16.5. The molecule has 2 aromatic rings. The number of nitrogens with zero attached hydrogens (tertiary/aromatic N) is 1. The zero-order chi connectivity index (χ0) is 13.7. The third-order valence-corrected chi connectivity index (χ3v) is 2.51. The summed E-state index contributed by atoms with van der Waals surface area (Å²) in [6, 6.07) is 14.2. The van der Waals surface area contributed by atoms with E-state index in [1.807, 2.05) is 19.1 Å². The number of rotatable bonds is 4. The number of nitrogen functional groups attached to an aromatic ring is 1. The number of nitriles is 1. The van der Waals surface area contributed by atoms with Gasteiger partial charge in [0.15, 0.2) is 5.75 Å². The highest BCUT2D eigenvalue weighted by molar-refractivity contribution is 5.57. The fourth-order valence-electron chi connectivity index (χ4n) is 1.59. The van der Waals surface area contributed by atoms with Crippen LogP contribution in [-0.4, -0.2) is 6.61 Å². The average Bonchev–Trinajstić information content (AvgIpc) is 2.44. The van der Waals surface area contributed by atoms with Crippen LogP contribution in [0.4, 0.5) is 5.69 Å². The Hall–Kier alpha value is -2.67. The van der Waals surface area contributed by atoms with Gasteiger partial charge in [0.1, 0.15) is 11.5 Å². The Kier molecular flexibility index (Phi) is 3.89. The minimum Gasteiger partial charge on any atom is -0.494 e. The molecule has 0 saturated heterocycles. The van der Waals surface area contributed by atoms with Crippen molar-refractivity contribution in [2.45, 2.75) is 6.92 Å². The lowest BCUT2D eigenvalue weighted by Gasteiger charge is -2.09. The molecule has 2 rings (SSSR count). The summed E-state index contributed by atoms with van der Waals surface area (Å²) < 4.78 is 11.0. The summed E-state index contributed by atoms with van der Waals surface area (Å²) in [7, 11) is 0. The lowest BCUT2D eigenvalue weighted by Crippen LogP contribution is -1.94. The first-order valence-corrected chi connectivity index (χ1v) is 5.93. The van der Waals surface area contributed by atoms with E-state index in [1.165, 1.54) is 0 Å². The van der Waals surface area contributed by atoms with Crippen LogP contribution in [0.2, 0.25) is 0 Å². The minimum atomic E-state index is 0.475. The van der Waals surface area contributed by atoms with Crippen molar-refractivity contribution in [2.24, 2.45) is 0 Å². The highest BCUT2D eigenvalue weighted by Gasteiger charge is 2.04. The Labute approximate surface area is 112 Å². The van der Waals surface area contributed by atoms with Gasteiger partial charge >= 0.3 is 0 Å². The van der Waals surface area contributed by atoms with Gasteiger partial charge in [0.05, 0.1) is 23.9 Å². The molecule has 0 aromatic heterocycles. The maximum absolute atomic E-state index is 8.85. The minimum absolute atomic E-state index is 0.475. The van der Waals surface area contributed by atoms with E-state index in [0.717, 1.165) is 5.75 Å². The second-order valence-electron chi connectivity index (χ2n) is 3.87. The fraction of sp³-hybridized carbons (Fsp3) is 0.133. The summed E-state index contributed by atoms with van der Waals surface area (Å²) in [5.41, 5.74) is 6.81. The molecule has 0 saturated carbocycles. The maximum Gasteiger partial charge on any atom is 0.151 e. The molecular weight excluding hydrogens is 240 g/mol. The molecule has 96 valence electrons. The first-order valence-electron chi connectivity index (χ1n) is 5.93. The number of benzene rings is 2. The normalized spacial score (nSPS) is 9.68. The van der Waals surface area contributed by atoms with E-state index in [0.29, 0.717) is 29.4 Å². The van der Waals surface area contributed by atoms with E-state index in [9.17, 15) is 0 Å². The zero-order valence-electron chi connectivity index (χ0n) is 10.6. The van der Waals surface area contributed by atoms with E-state index in [1.54, 1.807) is 30.3 Å². The maximum atomic E-state index is 8.85. The van der Waals surface area contributed by atoms with E-state index in [4.69, 9.17) is 20.5 Å². The van der Waals surface area contributed by atoms with Crippen molar-refractivity contribution < 1.29 is 9.47 Å². The molecule has 0 atom stereocenters. The van der Waals surface area contributed by atoms with E-state index in [-0.39, 0.29) is 0 Å². The lowest BCUT2D eigenvalue weighted by molar-refractivity contribution is 0.339. The van der Waals surface area contributed by atoms with Crippen LogP contribution < -0.4 is 15.2 Å². The van der Waals surface area contributed by atoms with Crippen LogP contribution in [0.3, 0.4) is 0 Å². The third-order valence-electron chi connectivity index (χ3n) is 2.51. The van der Waals surface area contributed by atoms with Gasteiger partial charge in [-0.3, -0.25) is 0 Å². The highest BCUT2D eigenvalue weighted by Crippen LogP contribution is 2.29. The molecule has 0 aliphatic rings. The van der Waals surface area contributed by atoms with Crippen LogP contribution in [-0.2, 0) is 0 Å². The van der Waals surface area contributed by atoms with Crippen molar-refractivity contribution in [3.63, 3.8) is 0 Å². The second-order valence-corrected chi connectivity index (χ2v) is 3.87. The second kappa shape index (κ2) is 5.78. The molecule has 0 unspecified atom stereocenters. The first-order chi connectivity index (χ1) is 9.22. The molecule has 0 radical (unpaired) electrons. The van der Waals surface area contributed by atoms with E-state index >= 15 is 0 Å². The fourth-order valence-corrected chi connectivity index (χ4v) is 1.59. The van der Waals surface area contributed by atoms with Crippen molar-refractivity contribution in [3.05, 3.63) is 48.0 Å². The van der Waals surface area contributed by atoms with Crippen molar-refractivity contribution in [1.82, 2.24) is 0 Å². The molecule has 19 heavy (non-hydrogen) atoms. The first kappa shape index (κ1) is 12.8. The van der Waals surface area contributed by atoms with Gasteiger partial charge in [-0.15, -0.1) is 0 Å². The van der Waals surface area contributed by atoms with Crippen LogP contribution in [0.5, 0.6) is 17.2 Å². The monoisotopic (exact) mass is 254 g/mol. The average molecular weight is 254 g/mol. The van der Waals surface area contributed by atoms with Crippen LogP contribution in [0.1, 0.15) is 12.5 Å². The number of nitrogens with two attached hydrogens (primary N) is 1. The molecule has 2 aromatic carbocycles. The molecule has 0 spiro atoms. The van der Waals surface area contributed by atoms with E-state index < -0.39 is 0 Å². The number of ether oxygens (including phenoxy) is 2. The number of hydrogen-bond acceptors (Lipinski definition) is 4. The summed E-state index contributed by atoms with van der Waals surface area (Å²) in [6.07, 6.45) is 0. The van der Waals surface area contributed by atoms with Gasteiger partial charge < -0.3 is 15.2 Å². The largest absolute Gasteiger partial charge is 0.494 e. The Morgan fingerprint density at radius 3 is 2.42 bits per heavy atom. The number of hydrogen-bond donors (Lipinski definition) is 1. The molecule has 0 heterocycles. The quantitative estimate of drug-likeness (QED) is 0.850. The summed E-state index contributed by atoms with van der Waals surface area (Å²) in [6.45, 7) is 2.55. The standard InChI is InChI=1S/C15H14N2O2/c1-2-18-12-4-6-13(7-5-12)19-15-9-11(10-16)3-8-14(15)17/h3-9H,2,17H2,1H3. The van der Waals surface area contributed by atoms with Gasteiger partial charge in [-0.05, 0) is 43.3 Å². The van der Waals surface area contributed by atoms with Gasteiger partial charge in [-0.25, -0.2) is 0 Å². The molecule has 0 bridgehead atoms. The topological polar surface area (TPSA) is 68.3 Å². The van der Waals surface area contributed by atoms with Gasteiger partial charge in [-0.1, -0.05) is 0 Å². The van der Waals surface area contributed by atoms with Crippen molar-refractivity contribution in [1.29, 1.82) is 5.26 Å². The van der Waals surface area contributed by atoms with E-state index in [2.05, 4.69) is 6.07 Å². The zero-order valence-corrected chi connectivity index (χ0v) is 10.6. The summed E-state index contributed by atoms with van der Waals surface area (Å²) in [4.78, 5) is 0. The molecule has 4 nitrogen and oxygen atoms in total. The van der Waals surface area contributed by atoms with Gasteiger partial charge in [-0.2, -0.15) is 5.26 Å². The Morgan fingerprint density at radius 2 is 1.79 bits per heavy atom. The summed E-state index contributed by atoms with van der Waals surface area (Å²) >= 11 is 0.